The summed E-state index contributed by atoms with van der Waals surface area (Å²) in [6, 6.07) is 12.7. The molecule has 0 unspecified atom stereocenters. The first-order valence-corrected chi connectivity index (χ1v) is 10.5. The minimum atomic E-state index is 0.770. The van der Waals surface area contributed by atoms with Gasteiger partial charge in [0.25, 0.3) is 0 Å². The van der Waals surface area contributed by atoms with Crippen LogP contribution in [-0.2, 0) is 6.42 Å². The Kier molecular flexibility index (Phi) is 7.11. The minimum absolute atomic E-state index is 0.770. The molecule has 1 aromatic heterocycles. The van der Waals surface area contributed by atoms with Crippen molar-refractivity contribution < 1.29 is 4.74 Å². The van der Waals surface area contributed by atoms with Gasteiger partial charge in [-0.2, -0.15) is 0 Å². The van der Waals surface area contributed by atoms with Gasteiger partial charge >= 0.3 is 0 Å². The molecular formula is C24H33NO. The van der Waals surface area contributed by atoms with Gasteiger partial charge in [-0.15, -0.1) is 0 Å². The predicted octanol–water partition coefficient (Wildman–Crippen LogP) is 6.69. The molecule has 0 spiro atoms. The van der Waals surface area contributed by atoms with E-state index < -0.39 is 0 Å². The van der Waals surface area contributed by atoms with Crippen LogP contribution in [-0.4, -0.2) is 11.6 Å². The molecule has 1 aliphatic carbocycles. The molecule has 0 radical (unpaired) electrons. The number of aryl methyl sites for hydroxylation is 1. The molecule has 0 saturated heterocycles. The Hall–Kier alpha value is -1.83. The van der Waals surface area contributed by atoms with Gasteiger partial charge in [0.05, 0.1) is 12.3 Å². The van der Waals surface area contributed by atoms with Crippen LogP contribution < -0.4 is 4.74 Å². The van der Waals surface area contributed by atoms with E-state index in [1.165, 1.54) is 50.5 Å². The van der Waals surface area contributed by atoms with Crippen LogP contribution in [0.25, 0.3) is 11.3 Å². The lowest BCUT2D eigenvalue weighted by Gasteiger charge is -2.27. The number of nitrogens with zero attached hydrogens (tertiary/aromatic N) is 1. The fourth-order valence-corrected chi connectivity index (χ4v) is 3.98. The zero-order chi connectivity index (χ0) is 18.2. The predicted molar refractivity (Wildman–Crippen MR) is 110 cm³/mol. The minimum Gasteiger partial charge on any atom is -0.494 e. The van der Waals surface area contributed by atoms with Crippen LogP contribution in [0.1, 0.15) is 64.4 Å². The van der Waals surface area contributed by atoms with Gasteiger partial charge in [-0.25, -0.2) is 0 Å². The second-order valence-electron chi connectivity index (χ2n) is 7.76. The van der Waals surface area contributed by atoms with Crippen molar-refractivity contribution in [2.24, 2.45) is 11.8 Å². The van der Waals surface area contributed by atoms with Gasteiger partial charge in [0, 0.05) is 11.8 Å². The zero-order valence-electron chi connectivity index (χ0n) is 16.4. The molecule has 0 N–H and O–H groups in total. The van der Waals surface area contributed by atoms with E-state index >= 15 is 0 Å². The van der Waals surface area contributed by atoms with Crippen molar-refractivity contribution in [2.75, 3.05) is 6.61 Å². The van der Waals surface area contributed by atoms with Crippen LogP contribution in [0.2, 0.25) is 0 Å². The standard InChI is InChI=1S/C24H33NO/c1-3-17-26-23-14-12-22(13-15-23)24-16-11-21(18-25-24)10-9-20-7-5-19(4-2)6-8-20/h11-16,18-20H,3-10,17H2,1-2H3/t19-,20-. The van der Waals surface area contributed by atoms with E-state index in [1.807, 2.05) is 12.1 Å². The fraction of sp³-hybridized carbons (Fsp3) is 0.542. The molecule has 2 aromatic rings. The van der Waals surface area contributed by atoms with Gasteiger partial charge in [-0.1, -0.05) is 52.0 Å². The molecule has 1 aromatic carbocycles. The highest BCUT2D eigenvalue weighted by Gasteiger charge is 2.19. The summed E-state index contributed by atoms with van der Waals surface area (Å²) in [4.78, 5) is 4.69. The summed E-state index contributed by atoms with van der Waals surface area (Å²) in [6.07, 6.45) is 12.7. The molecule has 1 aliphatic rings. The lowest BCUT2D eigenvalue weighted by atomic mass is 9.79. The summed E-state index contributed by atoms with van der Waals surface area (Å²) >= 11 is 0. The van der Waals surface area contributed by atoms with E-state index in [0.717, 1.165) is 41.9 Å². The zero-order valence-corrected chi connectivity index (χ0v) is 16.4. The molecular weight excluding hydrogens is 318 g/mol. The SMILES string of the molecule is CCCOc1ccc(-c2ccc(CC[C@H]3CC[C@H](CC)CC3)cn2)cc1. The van der Waals surface area contributed by atoms with Gasteiger partial charge in [0.15, 0.2) is 0 Å². The number of pyridine rings is 1. The Balaban J connectivity index is 1.50. The van der Waals surface area contributed by atoms with Gasteiger partial charge in [-0.05, 0) is 67.0 Å². The van der Waals surface area contributed by atoms with E-state index in [-0.39, 0.29) is 0 Å². The maximum absolute atomic E-state index is 5.65. The summed E-state index contributed by atoms with van der Waals surface area (Å²) in [7, 11) is 0. The molecule has 0 atom stereocenters. The van der Waals surface area contributed by atoms with E-state index in [9.17, 15) is 0 Å². The average Bonchev–Trinajstić information content (AvgIpc) is 2.72. The maximum Gasteiger partial charge on any atom is 0.119 e. The molecule has 1 heterocycles. The Bertz CT molecular complexity index is 639. The van der Waals surface area contributed by atoms with Crippen molar-refractivity contribution in [3.63, 3.8) is 0 Å². The third kappa shape index (κ3) is 5.33. The number of rotatable bonds is 8. The average molecular weight is 352 g/mol. The molecule has 0 bridgehead atoms. The number of hydrogen-bond donors (Lipinski definition) is 0. The van der Waals surface area contributed by atoms with Crippen LogP contribution in [0.3, 0.4) is 0 Å². The summed E-state index contributed by atoms with van der Waals surface area (Å²) in [5, 5.41) is 0. The molecule has 3 rings (SSSR count). The van der Waals surface area contributed by atoms with Gasteiger partial charge in [0.1, 0.15) is 5.75 Å². The largest absolute Gasteiger partial charge is 0.494 e. The topological polar surface area (TPSA) is 22.1 Å². The summed E-state index contributed by atoms with van der Waals surface area (Å²) in [5.41, 5.74) is 3.56. The van der Waals surface area contributed by atoms with E-state index in [1.54, 1.807) is 0 Å². The molecule has 2 nitrogen and oxygen atoms in total. The highest BCUT2D eigenvalue weighted by molar-refractivity contribution is 5.60. The first-order valence-electron chi connectivity index (χ1n) is 10.5. The van der Waals surface area contributed by atoms with Crippen molar-refractivity contribution in [2.45, 2.75) is 65.2 Å². The first kappa shape index (κ1) is 18.9. The quantitative estimate of drug-likeness (QED) is 0.529. The fourth-order valence-electron chi connectivity index (χ4n) is 3.98. The van der Waals surface area contributed by atoms with Crippen molar-refractivity contribution in [3.05, 3.63) is 48.2 Å². The number of hydrogen-bond acceptors (Lipinski definition) is 2. The van der Waals surface area contributed by atoms with Gasteiger partial charge < -0.3 is 4.74 Å². The Morgan fingerprint density at radius 1 is 0.923 bits per heavy atom. The summed E-state index contributed by atoms with van der Waals surface area (Å²) in [6.45, 7) is 5.23. The van der Waals surface area contributed by atoms with Crippen molar-refractivity contribution >= 4 is 0 Å². The number of aromatic nitrogens is 1. The first-order chi connectivity index (χ1) is 12.8. The van der Waals surface area contributed by atoms with Crippen LogP contribution in [0.15, 0.2) is 42.6 Å². The van der Waals surface area contributed by atoms with Crippen LogP contribution in [0, 0.1) is 11.8 Å². The van der Waals surface area contributed by atoms with E-state index in [0.29, 0.717) is 0 Å². The lowest BCUT2D eigenvalue weighted by Crippen LogP contribution is -2.14. The Morgan fingerprint density at radius 2 is 1.65 bits per heavy atom. The molecule has 2 heteroatoms. The summed E-state index contributed by atoms with van der Waals surface area (Å²) in [5.74, 6) is 2.85. The monoisotopic (exact) mass is 351 g/mol. The lowest BCUT2D eigenvalue weighted by molar-refractivity contribution is 0.259. The molecule has 1 fully saturated rings. The molecule has 140 valence electrons. The highest BCUT2D eigenvalue weighted by Crippen LogP contribution is 2.33. The number of benzene rings is 1. The van der Waals surface area contributed by atoms with Crippen molar-refractivity contribution in [1.29, 1.82) is 0 Å². The van der Waals surface area contributed by atoms with Crippen LogP contribution in [0.5, 0.6) is 5.75 Å². The van der Waals surface area contributed by atoms with Crippen molar-refractivity contribution in [3.8, 4) is 17.0 Å². The van der Waals surface area contributed by atoms with E-state index in [2.05, 4.69) is 49.3 Å². The van der Waals surface area contributed by atoms with Gasteiger partial charge in [-0.3, -0.25) is 4.98 Å². The second-order valence-corrected chi connectivity index (χ2v) is 7.76. The number of ether oxygens (including phenoxy) is 1. The van der Waals surface area contributed by atoms with Crippen LogP contribution >= 0.6 is 0 Å². The Labute approximate surface area is 159 Å². The van der Waals surface area contributed by atoms with E-state index in [4.69, 9.17) is 4.74 Å². The smallest absolute Gasteiger partial charge is 0.119 e. The van der Waals surface area contributed by atoms with Crippen molar-refractivity contribution in [1.82, 2.24) is 4.98 Å². The maximum atomic E-state index is 5.65. The van der Waals surface area contributed by atoms with Gasteiger partial charge in [0.2, 0.25) is 0 Å². The highest BCUT2D eigenvalue weighted by atomic mass is 16.5. The Morgan fingerprint density at radius 3 is 2.27 bits per heavy atom. The molecule has 1 saturated carbocycles. The molecule has 26 heavy (non-hydrogen) atoms. The normalized spacial score (nSPS) is 20.1. The third-order valence-corrected chi connectivity index (χ3v) is 5.83. The summed E-state index contributed by atoms with van der Waals surface area (Å²) < 4.78 is 5.65. The molecule has 0 amide bonds. The molecule has 0 aliphatic heterocycles. The second kappa shape index (κ2) is 9.75. The van der Waals surface area contributed by atoms with Crippen LogP contribution in [0.4, 0.5) is 0 Å². The third-order valence-electron chi connectivity index (χ3n) is 5.83.